The number of hydrogen-bond donors (Lipinski definition) is 0. The van der Waals surface area contributed by atoms with Gasteiger partial charge in [-0.15, -0.1) is 0 Å². The lowest BCUT2D eigenvalue weighted by Gasteiger charge is -2.10. The summed E-state index contributed by atoms with van der Waals surface area (Å²) >= 11 is 17.9. The van der Waals surface area contributed by atoms with Crippen LogP contribution >= 0.6 is 34.8 Å². The molecule has 22 heavy (non-hydrogen) atoms. The molecule has 0 amide bonds. The average molecular weight is 358 g/mol. The van der Waals surface area contributed by atoms with E-state index in [4.69, 9.17) is 39.6 Å². The molecule has 2 rings (SSSR count). The Morgan fingerprint density at radius 1 is 1.05 bits per heavy atom. The summed E-state index contributed by atoms with van der Waals surface area (Å²) in [4.78, 5) is 15.2. The smallest absolute Gasteiger partial charge is 0.156 e. The number of aliphatic carboxylic acids is 1. The molecule has 2 aromatic carbocycles. The van der Waals surface area contributed by atoms with Crippen molar-refractivity contribution in [3.63, 3.8) is 0 Å². The maximum atomic E-state index is 10.4. The van der Waals surface area contributed by atoms with E-state index in [0.717, 1.165) is 0 Å². The van der Waals surface area contributed by atoms with Gasteiger partial charge in [0.1, 0.15) is 5.71 Å². The van der Waals surface area contributed by atoms with Crippen molar-refractivity contribution in [2.45, 2.75) is 0 Å². The van der Waals surface area contributed by atoms with Gasteiger partial charge in [-0.05, 0) is 30.3 Å². The summed E-state index contributed by atoms with van der Waals surface area (Å²) in [5.74, 6) is -1.37. The van der Waals surface area contributed by atoms with E-state index in [9.17, 15) is 9.90 Å². The third kappa shape index (κ3) is 4.37. The third-order valence-electron chi connectivity index (χ3n) is 2.64. The second-order valence-electron chi connectivity index (χ2n) is 4.22. The Kier molecular flexibility index (Phi) is 5.66. The van der Waals surface area contributed by atoms with Gasteiger partial charge >= 0.3 is 0 Å². The SMILES string of the molecule is O=C([O-])CO/N=C(/c1ccc(Cl)cc1)c1ccc(Cl)cc1Cl. The molecule has 0 aliphatic rings. The highest BCUT2D eigenvalue weighted by Gasteiger charge is 2.12. The summed E-state index contributed by atoms with van der Waals surface area (Å²) in [6, 6.07) is 11.7. The van der Waals surface area contributed by atoms with Crippen LogP contribution in [0.3, 0.4) is 0 Å². The molecular weight excluding hydrogens is 349 g/mol. The van der Waals surface area contributed by atoms with Gasteiger partial charge in [-0.3, -0.25) is 0 Å². The Morgan fingerprint density at radius 2 is 1.68 bits per heavy atom. The monoisotopic (exact) mass is 356 g/mol. The van der Waals surface area contributed by atoms with E-state index in [1.807, 2.05) is 0 Å². The van der Waals surface area contributed by atoms with E-state index >= 15 is 0 Å². The summed E-state index contributed by atoms with van der Waals surface area (Å²) in [5, 5.41) is 15.7. The van der Waals surface area contributed by atoms with Gasteiger partial charge in [0.25, 0.3) is 0 Å². The fourth-order valence-corrected chi connectivity index (χ4v) is 2.32. The molecule has 0 atom stereocenters. The minimum absolute atomic E-state index is 0.359. The van der Waals surface area contributed by atoms with E-state index in [0.29, 0.717) is 31.9 Å². The predicted molar refractivity (Wildman–Crippen MR) is 84.5 cm³/mol. The number of carboxylic acid groups (broad SMARTS) is 1. The van der Waals surface area contributed by atoms with E-state index in [-0.39, 0.29) is 0 Å². The van der Waals surface area contributed by atoms with E-state index in [1.165, 1.54) is 0 Å². The van der Waals surface area contributed by atoms with E-state index in [2.05, 4.69) is 5.16 Å². The highest BCUT2D eigenvalue weighted by Crippen LogP contribution is 2.24. The van der Waals surface area contributed by atoms with Crippen LogP contribution in [0.4, 0.5) is 0 Å². The Labute approximate surface area is 141 Å². The number of nitrogens with zero attached hydrogens (tertiary/aromatic N) is 1. The van der Waals surface area contributed by atoms with Crippen molar-refractivity contribution in [2.75, 3.05) is 6.61 Å². The van der Waals surface area contributed by atoms with Crippen LogP contribution in [-0.4, -0.2) is 18.3 Å². The van der Waals surface area contributed by atoms with E-state index < -0.39 is 12.6 Å². The van der Waals surface area contributed by atoms with Crippen molar-refractivity contribution >= 4 is 46.5 Å². The minimum Gasteiger partial charge on any atom is -0.546 e. The first-order valence-electron chi connectivity index (χ1n) is 6.08. The Morgan fingerprint density at radius 3 is 2.27 bits per heavy atom. The first-order valence-corrected chi connectivity index (χ1v) is 7.22. The highest BCUT2D eigenvalue weighted by atomic mass is 35.5. The molecule has 0 fully saturated rings. The van der Waals surface area contributed by atoms with Crippen molar-refractivity contribution < 1.29 is 14.7 Å². The maximum absolute atomic E-state index is 10.4. The van der Waals surface area contributed by atoms with Crippen LogP contribution in [0.5, 0.6) is 0 Å². The van der Waals surface area contributed by atoms with Crippen molar-refractivity contribution in [1.82, 2.24) is 0 Å². The number of benzene rings is 2. The fourth-order valence-electron chi connectivity index (χ4n) is 1.70. The van der Waals surface area contributed by atoms with Crippen LogP contribution in [0.25, 0.3) is 0 Å². The van der Waals surface area contributed by atoms with Crippen LogP contribution in [0.1, 0.15) is 11.1 Å². The van der Waals surface area contributed by atoms with Gasteiger partial charge in [0.15, 0.2) is 6.61 Å². The summed E-state index contributed by atoms with van der Waals surface area (Å²) in [7, 11) is 0. The average Bonchev–Trinajstić information content (AvgIpc) is 2.45. The number of rotatable bonds is 5. The Bertz CT molecular complexity index is 714. The molecule has 0 N–H and O–H groups in total. The molecular formula is C15H9Cl3NO3-. The highest BCUT2D eigenvalue weighted by molar-refractivity contribution is 6.38. The quantitative estimate of drug-likeness (QED) is 0.610. The lowest BCUT2D eigenvalue weighted by molar-refractivity contribution is -0.309. The van der Waals surface area contributed by atoms with E-state index in [1.54, 1.807) is 42.5 Å². The van der Waals surface area contributed by atoms with Gasteiger partial charge < -0.3 is 14.7 Å². The van der Waals surface area contributed by atoms with Crippen LogP contribution in [0, 0.1) is 0 Å². The number of hydrogen-bond acceptors (Lipinski definition) is 4. The fraction of sp³-hybridized carbons (Fsp3) is 0.0667. The van der Waals surface area contributed by atoms with Gasteiger partial charge in [-0.1, -0.05) is 52.1 Å². The number of carbonyl (C=O) groups excluding carboxylic acids is 1. The summed E-state index contributed by atoms with van der Waals surface area (Å²) in [6.45, 7) is -0.664. The lowest BCUT2D eigenvalue weighted by atomic mass is 10.0. The molecule has 2 aromatic rings. The first kappa shape index (κ1) is 16.6. The predicted octanol–water partition coefficient (Wildman–Crippen LogP) is 3.17. The second kappa shape index (κ2) is 7.49. The molecule has 0 aliphatic heterocycles. The third-order valence-corrected chi connectivity index (χ3v) is 3.44. The van der Waals surface area contributed by atoms with Crippen molar-refractivity contribution in [3.8, 4) is 0 Å². The number of carbonyl (C=O) groups is 1. The van der Waals surface area contributed by atoms with Crippen molar-refractivity contribution in [3.05, 3.63) is 68.7 Å². The molecule has 114 valence electrons. The van der Waals surface area contributed by atoms with Gasteiger partial charge in [0.05, 0.1) is 11.0 Å². The zero-order chi connectivity index (χ0) is 16.1. The number of oxime groups is 1. The van der Waals surface area contributed by atoms with Crippen LogP contribution in [0.15, 0.2) is 47.6 Å². The van der Waals surface area contributed by atoms with Gasteiger partial charge in [-0.2, -0.15) is 0 Å². The van der Waals surface area contributed by atoms with Crippen LogP contribution in [0.2, 0.25) is 15.1 Å². The lowest BCUT2D eigenvalue weighted by Crippen LogP contribution is -2.26. The van der Waals surface area contributed by atoms with Crippen molar-refractivity contribution in [1.29, 1.82) is 0 Å². The molecule has 0 aliphatic carbocycles. The molecule has 0 spiro atoms. The summed E-state index contributed by atoms with van der Waals surface area (Å²) in [6.07, 6.45) is 0. The normalized spacial score (nSPS) is 11.3. The van der Waals surface area contributed by atoms with Crippen LogP contribution in [-0.2, 0) is 9.63 Å². The number of carboxylic acids is 1. The summed E-state index contributed by atoms with van der Waals surface area (Å²) in [5.41, 5.74) is 1.57. The zero-order valence-corrected chi connectivity index (χ0v) is 13.3. The molecule has 0 saturated carbocycles. The molecule has 0 saturated heterocycles. The standard InChI is InChI=1S/C15H10Cl3NO3/c16-10-3-1-9(2-4-10)15(19-22-8-14(20)21)12-6-5-11(17)7-13(12)18/h1-7H,8H2,(H,20,21)/p-1/b19-15-. The van der Waals surface area contributed by atoms with Gasteiger partial charge in [0.2, 0.25) is 0 Å². The molecule has 7 heteroatoms. The van der Waals surface area contributed by atoms with Gasteiger partial charge in [-0.25, -0.2) is 0 Å². The molecule has 0 bridgehead atoms. The summed E-state index contributed by atoms with van der Waals surface area (Å²) < 4.78 is 0. The molecule has 0 radical (unpaired) electrons. The minimum atomic E-state index is -1.37. The molecule has 0 heterocycles. The molecule has 0 aromatic heterocycles. The van der Waals surface area contributed by atoms with Crippen LogP contribution < -0.4 is 5.11 Å². The molecule has 4 nitrogen and oxygen atoms in total. The Hall–Kier alpha value is -1.75. The zero-order valence-electron chi connectivity index (χ0n) is 11.1. The number of halogens is 3. The molecule has 0 unspecified atom stereocenters. The van der Waals surface area contributed by atoms with Gasteiger partial charge in [0, 0.05) is 21.2 Å². The first-order chi connectivity index (χ1) is 10.5. The topological polar surface area (TPSA) is 61.7 Å². The largest absolute Gasteiger partial charge is 0.546 e. The maximum Gasteiger partial charge on any atom is 0.156 e. The Balaban J connectivity index is 2.44. The second-order valence-corrected chi connectivity index (χ2v) is 5.50. The van der Waals surface area contributed by atoms with Crippen molar-refractivity contribution in [2.24, 2.45) is 5.16 Å².